The molecule has 0 unspecified atom stereocenters. The molecule has 0 aliphatic rings. The van der Waals surface area contributed by atoms with Crippen molar-refractivity contribution < 1.29 is 9.18 Å². The van der Waals surface area contributed by atoms with Crippen LogP contribution in [0.15, 0.2) is 60.8 Å². The largest absolute Gasteiger partial charge is 0.348 e. The van der Waals surface area contributed by atoms with Gasteiger partial charge in [-0.25, -0.2) is 4.98 Å². The summed E-state index contributed by atoms with van der Waals surface area (Å²) < 4.78 is 12.7. The highest BCUT2D eigenvalue weighted by atomic mass is 19.1. The summed E-state index contributed by atoms with van der Waals surface area (Å²) in [5.41, 5.74) is 1.38. The fourth-order valence-corrected chi connectivity index (χ4v) is 2.23. The van der Waals surface area contributed by atoms with Gasteiger partial charge in [0.2, 0.25) is 5.95 Å². The smallest absolute Gasteiger partial charge is 0.253 e. The van der Waals surface area contributed by atoms with Crippen molar-refractivity contribution in [1.82, 2.24) is 10.3 Å². The summed E-state index contributed by atoms with van der Waals surface area (Å²) in [5.74, 6) is -0.865. The number of carbonyl (C=O) groups is 1. The first-order valence-electron chi connectivity index (χ1n) is 6.60. The van der Waals surface area contributed by atoms with Crippen LogP contribution in [0.2, 0.25) is 0 Å². The highest BCUT2D eigenvalue weighted by Crippen LogP contribution is 2.18. The van der Waals surface area contributed by atoms with E-state index in [0.717, 1.165) is 16.3 Å². The Hall–Kier alpha value is -2.75. The molecule has 2 aromatic carbocycles. The second kappa shape index (κ2) is 5.71. The molecule has 1 amide bonds. The van der Waals surface area contributed by atoms with Crippen LogP contribution in [0.3, 0.4) is 0 Å². The third-order valence-electron chi connectivity index (χ3n) is 3.31. The standard InChI is InChI=1S/C17H13FN2O/c18-16-9-8-14(11-19-16)17(21)20-10-13-6-3-5-12-4-1-2-7-15(12)13/h1-9,11H,10H2,(H,20,21). The average molecular weight is 280 g/mol. The zero-order chi connectivity index (χ0) is 14.7. The van der Waals surface area contributed by atoms with Crippen molar-refractivity contribution in [2.45, 2.75) is 6.54 Å². The molecular weight excluding hydrogens is 267 g/mol. The Morgan fingerprint density at radius 3 is 2.67 bits per heavy atom. The van der Waals surface area contributed by atoms with Crippen molar-refractivity contribution in [2.75, 3.05) is 0 Å². The molecule has 0 radical (unpaired) electrons. The highest BCUT2D eigenvalue weighted by Gasteiger charge is 2.07. The first kappa shape index (κ1) is 13.2. The molecule has 1 aromatic heterocycles. The van der Waals surface area contributed by atoms with Gasteiger partial charge in [0.1, 0.15) is 0 Å². The number of fused-ring (bicyclic) bond motifs is 1. The van der Waals surface area contributed by atoms with Gasteiger partial charge in [-0.2, -0.15) is 4.39 Å². The van der Waals surface area contributed by atoms with Crippen LogP contribution in [-0.4, -0.2) is 10.9 Å². The summed E-state index contributed by atoms with van der Waals surface area (Å²) in [6.07, 6.45) is 1.23. The molecule has 0 fully saturated rings. The quantitative estimate of drug-likeness (QED) is 0.748. The van der Waals surface area contributed by atoms with E-state index in [1.165, 1.54) is 18.3 Å². The van der Waals surface area contributed by atoms with Crippen molar-refractivity contribution >= 4 is 16.7 Å². The van der Waals surface area contributed by atoms with Crippen LogP contribution in [0.5, 0.6) is 0 Å². The van der Waals surface area contributed by atoms with Crippen molar-refractivity contribution in [3.8, 4) is 0 Å². The molecule has 3 nitrogen and oxygen atoms in total. The van der Waals surface area contributed by atoms with E-state index in [-0.39, 0.29) is 5.91 Å². The van der Waals surface area contributed by atoms with Gasteiger partial charge in [-0.15, -0.1) is 0 Å². The normalized spacial score (nSPS) is 10.5. The number of hydrogen-bond donors (Lipinski definition) is 1. The fourth-order valence-electron chi connectivity index (χ4n) is 2.23. The SMILES string of the molecule is O=C(NCc1cccc2ccccc12)c1ccc(F)nc1. The van der Waals surface area contributed by atoms with E-state index >= 15 is 0 Å². The molecule has 1 N–H and O–H groups in total. The first-order chi connectivity index (χ1) is 10.2. The molecule has 0 bridgehead atoms. The Kier molecular flexibility index (Phi) is 3.60. The predicted octanol–water partition coefficient (Wildman–Crippen LogP) is 3.30. The molecule has 3 rings (SSSR count). The van der Waals surface area contributed by atoms with Gasteiger partial charge in [0.05, 0.1) is 5.56 Å². The Bertz CT molecular complexity index is 779. The molecular formula is C17H13FN2O. The number of carbonyl (C=O) groups excluding carboxylic acids is 1. The minimum Gasteiger partial charge on any atom is -0.348 e. The van der Waals surface area contributed by atoms with E-state index in [0.29, 0.717) is 12.1 Å². The van der Waals surface area contributed by atoms with E-state index in [9.17, 15) is 9.18 Å². The molecule has 4 heteroatoms. The minimum atomic E-state index is -0.597. The lowest BCUT2D eigenvalue weighted by Gasteiger charge is -2.08. The molecule has 0 saturated heterocycles. The van der Waals surface area contributed by atoms with Crippen molar-refractivity contribution in [1.29, 1.82) is 0 Å². The number of benzene rings is 2. The summed E-state index contributed by atoms with van der Waals surface area (Å²) >= 11 is 0. The predicted molar refractivity (Wildman–Crippen MR) is 79.3 cm³/mol. The van der Waals surface area contributed by atoms with E-state index in [1.807, 2.05) is 42.5 Å². The number of amides is 1. The lowest BCUT2D eigenvalue weighted by atomic mass is 10.0. The number of nitrogens with one attached hydrogen (secondary N) is 1. The maximum atomic E-state index is 12.7. The van der Waals surface area contributed by atoms with Gasteiger partial charge in [0, 0.05) is 12.7 Å². The van der Waals surface area contributed by atoms with Gasteiger partial charge in [-0.3, -0.25) is 4.79 Å². The first-order valence-corrected chi connectivity index (χ1v) is 6.60. The van der Waals surface area contributed by atoms with E-state index in [2.05, 4.69) is 10.3 Å². The molecule has 21 heavy (non-hydrogen) atoms. The van der Waals surface area contributed by atoms with E-state index in [1.54, 1.807) is 0 Å². The van der Waals surface area contributed by atoms with Gasteiger partial charge in [0.15, 0.2) is 0 Å². The molecule has 0 aliphatic heterocycles. The molecule has 0 spiro atoms. The lowest BCUT2D eigenvalue weighted by molar-refractivity contribution is 0.0950. The summed E-state index contributed by atoms with van der Waals surface area (Å²) in [4.78, 5) is 15.5. The van der Waals surface area contributed by atoms with Crippen molar-refractivity contribution in [3.63, 3.8) is 0 Å². The Balaban J connectivity index is 1.77. The van der Waals surface area contributed by atoms with Crippen LogP contribution in [0.25, 0.3) is 10.8 Å². The van der Waals surface area contributed by atoms with E-state index < -0.39 is 5.95 Å². The molecule has 0 aliphatic carbocycles. The zero-order valence-electron chi connectivity index (χ0n) is 11.2. The van der Waals surface area contributed by atoms with Crippen molar-refractivity contribution in [2.24, 2.45) is 0 Å². The number of halogens is 1. The molecule has 104 valence electrons. The van der Waals surface area contributed by atoms with Crippen LogP contribution < -0.4 is 5.32 Å². The van der Waals surface area contributed by atoms with Crippen molar-refractivity contribution in [3.05, 3.63) is 77.9 Å². The fraction of sp³-hybridized carbons (Fsp3) is 0.0588. The van der Waals surface area contributed by atoms with Gasteiger partial charge < -0.3 is 5.32 Å². The molecule has 0 atom stereocenters. The number of hydrogen-bond acceptors (Lipinski definition) is 2. The van der Waals surface area contributed by atoms with Gasteiger partial charge in [-0.1, -0.05) is 42.5 Å². The monoisotopic (exact) mass is 280 g/mol. The third-order valence-corrected chi connectivity index (χ3v) is 3.31. The number of aromatic nitrogens is 1. The van der Waals surface area contributed by atoms with Gasteiger partial charge >= 0.3 is 0 Å². The molecule has 1 heterocycles. The molecule has 3 aromatic rings. The Morgan fingerprint density at radius 2 is 1.86 bits per heavy atom. The van der Waals surface area contributed by atoms with Crippen LogP contribution >= 0.6 is 0 Å². The maximum absolute atomic E-state index is 12.7. The average Bonchev–Trinajstić information content (AvgIpc) is 2.53. The summed E-state index contributed by atoms with van der Waals surface area (Å²) in [7, 11) is 0. The Morgan fingerprint density at radius 1 is 1.05 bits per heavy atom. The third kappa shape index (κ3) is 2.89. The zero-order valence-corrected chi connectivity index (χ0v) is 11.2. The van der Waals surface area contributed by atoms with E-state index in [4.69, 9.17) is 0 Å². The van der Waals surface area contributed by atoms with Gasteiger partial charge in [0.25, 0.3) is 5.91 Å². The van der Waals surface area contributed by atoms with Crippen LogP contribution in [0.1, 0.15) is 15.9 Å². The van der Waals surface area contributed by atoms with Crippen LogP contribution in [0, 0.1) is 5.95 Å². The van der Waals surface area contributed by atoms with Crippen LogP contribution in [-0.2, 0) is 6.54 Å². The summed E-state index contributed by atoms with van der Waals surface area (Å²) in [5, 5.41) is 5.07. The lowest BCUT2D eigenvalue weighted by Crippen LogP contribution is -2.23. The summed E-state index contributed by atoms with van der Waals surface area (Å²) in [6, 6.07) is 16.6. The van der Waals surface area contributed by atoms with Crippen LogP contribution in [0.4, 0.5) is 4.39 Å². The number of nitrogens with zero attached hydrogens (tertiary/aromatic N) is 1. The Labute approximate surface area is 121 Å². The second-order valence-corrected chi connectivity index (χ2v) is 4.69. The number of rotatable bonds is 3. The second-order valence-electron chi connectivity index (χ2n) is 4.69. The topological polar surface area (TPSA) is 42.0 Å². The minimum absolute atomic E-state index is 0.268. The van der Waals surface area contributed by atoms with Gasteiger partial charge in [-0.05, 0) is 28.5 Å². The number of pyridine rings is 1. The maximum Gasteiger partial charge on any atom is 0.253 e. The highest BCUT2D eigenvalue weighted by molar-refractivity contribution is 5.94. The molecule has 0 saturated carbocycles. The summed E-state index contributed by atoms with van der Waals surface area (Å²) in [6.45, 7) is 0.414.